The lowest BCUT2D eigenvalue weighted by atomic mass is 10.0. The van der Waals surface area contributed by atoms with Crippen LogP contribution in [0.25, 0.3) is 0 Å². The summed E-state index contributed by atoms with van der Waals surface area (Å²) in [5.74, 6) is 0.841. The summed E-state index contributed by atoms with van der Waals surface area (Å²) in [5.41, 5.74) is 3.95. The third-order valence-corrected chi connectivity index (χ3v) is 6.04. The van der Waals surface area contributed by atoms with Crippen molar-refractivity contribution in [2.75, 3.05) is 39.9 Å². The van der Waals surface area contributed by atoms with E-state index in [-0.39, 0.29) is 0 Å². The van der Waals surface area contributed by atoms with Crippen molar-refractivity contribution < 1.29 is 4.74 Å². The van der Waals surface area contributed by atoms with E-state index >= 15 is 0 Å². The first-order chi connectivity index (χ1) is 13.2. The Morgan fingerprint density at radius 3 is 2.52 bits per heavy atom. The van der Waals surface area contributed by atoms with Gasteiger partial charge in [-0.25, -0.2) is 0 Å². The standard InChI is InChI=1S/C21H30N4OS/c1-16-4-6-18(7-5-16)19(25-9-11-26-12-10-25)14-23-21(22-3)24-15-20-17(2)8-13-27-20/h4-8,13,19H,9-12,14-15H2,1-3H3,(H2,22,23,24). The molecule has 0 amide bonds. The minimum Gasteiger partial charge on any atom is -0.379 e. The van der Waals surface area contributed by atoms with Crippen LogP contribution in [0, 0.1) is 13.8 Å². The number of thiophene rings is 1. The van der Waals surface area contributed by atoms with Gasteiger partial charge in [0.05, 0.1) is 25.8 Å². The number of aryl methyl sites for hydroxylation is 2. The molecule has 6 heteroatoms. The van der Waals surface area contributed by atoms with E-state index < -0.39 is 0 Å². The lowest BCUT2D eigenvalue weighted by molar-refractivity contribution is 0.0170. The maximum absolute atomic E-state index is 5.55. The predicted molar refractivity (Wildman–Crippen MR) is 114 cm³/mol. The highest BCUT2D eigenvalue weighted by Crippen LogP contribution is 2.22. The van der Waals surface area contributed by atoms with E-state index in [1.165, 1.54) is 21.6 Å². The second-order valence-corrected chi connectivity index (χ2v) is 7.91. The molecule has 0 aliphatic carbocycles. The van der Waals surface area contributed by atoms with E-state index in [0.29, 0.717) is 6.04 Å². The molecule has 2 heterocycles. The van der Waals surface area contributed by atoms with Crippen LogP contribution in [0.4, 0.5) is 0 Å². The van der Waals surface area contributed by atoms with Gasteiger partial charge in [-0.15, -0.1) is 11.3 Å². The van der Waals surface area contributed by atoms with Crippen molar-refractivity contribution in [1.29, 1.82) is 0 Å². The summed E-state index contributed by atoms with van der Waals surface area (Å²) in [6.45, 7) is 9.41. The fourth-order valence-corrected chi connectivity index (χ4v) is 4.14. The van der Waals surface area contributed by atoms with Crippen LogP contribution >= 0.6 is 11.3 Å². The van der Waals surface area contributed by atoms with Crippen LogP contribution in [-0.2, 0) is 11.3 Å². The summed E-state index contributed by atoms with van der Waals surface area (Å²) in [5, 5.41) is 9.09. The molecular formula is C21H30N4OS. The van der Waals surface area contributed by atoms with Crippen LogP contribution < -0.4 is 10.6 Å². The topological polar surface area (TPSA) is 48.9 Å². The van der Waals surface area contributed by atoms with Crippen molar-refractivity contribution in [2.45, 2.75) is 26.4 Å². The Morgan fingerprint density at radius 1 is 1.15 bits per heavy atom. The number of benzene rings is 1. The summed E-state index contributed by atoms with van der Waals surface area (Å²) < 4.78 is 5.55. The van der Waals surface area contributed by atoms with E-state index in [4.69, 9.17) is 4.74 Å². The van der Waals surface area contributed by atoms with Gasteiger partial charge in [-0.3, -0.25) is 9.89 Å². The second-order valence-electron chi connectivity index (χ2n) is 6.91. The minimum atomic E-state index is 0.302. The lowest BCUT2D eigenvalue weighted by Gasteiger charge is -2.35. The number of nitrogens with one attached hydrogen (secondary N) is 2. The highest BCUT2D eigenvalue weighted by atomic mass is 32.1. The highest BCUT2D eigenvalue weighted by molar-refractivity contribution is 7.10. The van der Waals surface area contributed by atoms with Crippen LogP contribution in [-0.4, -0.2) is 50.8 Å². The first-order valence-corrected chi connectivity index (χ1v) is 10.4. The monoisotopic (exact) mass is 386 g/mol. The van der Waals surface area contributed by atoms with Crippen molar-refractivity contribution in [3.8, 4) is 0 Å². The van der Waals surface area contributed by atoms with Gasteiger partial charge in [0, 0.05) is 31.6 Å². The van der Waals surface area contributed by atoms with Gasteiger partial charge in [-0.2, -0.15) is 0 Å². The normalized spacial score (nSPS) is 16.9. The van der Waals surface area contributed by atoms with Gasteiger partial charge >= 0.3 is 0 Å². The number of hydrogen-bond donors (Lipinski definition) is 2. The van der Waals surface area contributed by atoms with Gasteiger partial charge in [-0.05, 0) is 36.4 Å². The van der Waals surface area contributed by atoms with E-state index in [0.717, 1.165) is 45.4 Å². The average Bonchev–Trinajstić information content (AvgIpc) is 3.11. The largest absolute Gasteiger partial charge is 0.379 e. The maximum atomic E-state index is 5.55. The Balaban J connectivity index is 1.63. The Kier molecular flexibility index (Phi) is 7.26. The van der Waals surface area contributed by atoms with E-state index in [1.807, 2.05) is 7.05 Å². The molecule has 146 valence electrons. The molecule has 1 unspecified atom stereocenters. The molecule has 1 saturated heterocycles. The fourth-order valence-electron chi connectivity index (χ4n) is 3.30. The van der Waals surface area contributed by atoms with Crippen LogP contribution in [0.15, 0.2) is 40.7 Å². The first-order valence-electron chi connectivity index (χ1n) is 9.53. The number of morpholine rings is 1. The number of nitrogens with zero attached hydrogens (tertiary/aromatic N) is 2. The zero-order valence-corrected chi connectivity index (χ0v) is 17.3. The molecule has 1 aromatic heterocycles. The molecule has 1 aliphatic rings. The van der Waals surface area contributed by atoms with Gasteiger partial charge in [0.25, 0.3) is 0 Å². The molecular weight excluding hydrogens is 356 g/mol. The Morgan fingerprint density at radius 2 is 1.89 bits per heavy atom. The van der Waals surface area contributed by atoms with E-state index in [1.54, 1.807) is 11.3 Å². The van der Waals surface area contributed by atoms with Crippen molar-refractivity contribution in [3.63, 3.8) is 0 Å². The molecule has 27 heavy (non-hydrogen) atoms. The predicted octanol–water partition coefficient (Wildman–Crippen LogP) is 3.10. The van der Waals surface area contributed by atoms with Gasteiger partial charge in [0.15, 0.2) is 5.96 Å². The SMILES string of the molecule is CN=C(NCc1sccc1C)NCC(c1ccc(C)cc1)N1CCOCC1. The third-order valence-electron chi connectivity index (χ3n) is 5.02. The smallest absolute Gasteiger partial charge is 0.191 e. The molecule has 0 bridgehead atoms. The van der Waals surface area contributed by atoms with E-state index in [9.17, 15) is 0 Å². The molecule has 1 fully saturated rings. The van der Waals surface area contributed by atoms with Crippen molar-refractivity contribution in [1.82, 2.24) is 15.5 Å². The second kappa shape index (κ2) is 9.88. The van der Waals surface area contributed by atoms with Crippen molar-refractivity contribution in [2.24, 2.45) is 4.99 Å². The molecule has 1 aromatic carbocycles. The van der Waals surface area contributed by atoms with Crippen LogP contribution in [0.5, 0.6) is 0 Å². The van der Waals surface area contributed by atoms with Crippen LogP contribution in [0.1, 0.15) is 27.6 Å². The molecule has 1 atom stereocenters. The number of aliphatic imine (C=N–C) groups is 1. The molecule has 2 aromatic rings. The summed E-state index contributed by atoms with van der Waals surface area (Å²) >= 11 is 1.78. The number of hydrogen-bond acceptors (Lipinski definition) is 4. The molecule has 0 saturated carbocycles. The molecule has 0 spiro atoms. The van der Waals surface area contributed by atoms with E-state index in [2.05, 4.69) is 70.1 Å². The number of guanidine groups is 1. The van der Waals surface area contributed by atoms with Gasteiger partial charge in [0.1, 0.15) is 0 Å². The molecule has 1 aliphatic heterocycles. The fraction of sp³-hybridized carbons (Fsp3) is 0.476. The number of ether oxygens (including phenoxy) is 1. The Hall–Kier alpha value is -1.89. The molecule has 3 rings (SSSR count). The summed E-state index contributed by atoms with van der Waals surface area (Å²) in [4.78, 5) is 8.24. The van der Waals surface area contributed by atoms with Gasteiger partial charge < -0.3 is 15.4 Å². The average molecular weight is 387 g/mol. The highest BCUT2D eigenvalue weighted by Gasteiger charge is 2.22. The third kappa shape index (κ3) is 5.54. The van der Waals surface area contributed by atoms with Crippen LogP contribution in [0.2, 0.25) is 0 Å². The first kappa shape index (κ1) is 19.9. The Bertz CT molecular complexity index is 735. The Labute approximate surface area is 166 Å². The van der Waals surface area contributed by atoms with Crippen molar-refractivity contribution >= 4 is 17.3 Å². The molecule has 0 radical (unpaired) electrons. The minimum absolute atomic E-state index is 0.302. The maximum Gasteiger partial charge on any atom is 0.191 e. The zero-order chi connectivity index (χ0) is 19.1. The summed E-state index contributed by atoms with van der Waals surface area (Å²) in [7, 11) is 1.83. The summed E-state index contributed by atoms with van der Waals surface area (Å²) in [6.07, 6.45) is 0. The quantitative estimate of drug-likeness (QED) is 0.592. The lowest BCUT2D eigenvalue weighted by Crippen LogP contribution is -2.46. The van der Waals surface area contributed by atoms with Gasteiger partial charge in [0.2, 0.25) is 0 Å². The molecule has 5 nitrogen and oxygen atoms in total. The van der Waals surface area contributed by atoms with Gasteiger partial charge in [-0.1, -0.05) is 29.8 Å². The number of rotatable bonds is 6. The van der Waals surface area contributed by atoms with Crippen molar-refractivity contribution in [3.05, 3.63) is 57.3 Å². The van der Waals surface area contributed by atoms with Crippen LogP contribution in [0.3, 0.4) is 0 Å². The zero-order valence-electron chi connectivity index (χ0n) is 16.5. The summed E-state index contributed by atoms with van der Waals surface area (Å²) in [6, 6.07) is 11.3. The molecule has 2 N–H and O–H groups in total.